The number of nitrogens with one attached hydrogen (secondary N) is 1. The molecular formula is C21H23BrN4O2. The van der Waals surface area contributed by atoms with Gasteiger partial charge in [0.05, 0.1) is 11.4 Å². The summed E-state index contributed by atoms with van der Waals surface area (Å²) in [6.45, 7) is 1.52. The maximum atomic E-state index is 12.0. The van der Waals surface area contributed by atoms with E-state index in [1.807, 2.05) is 30.3 Å². The third-order valence-electron chi connectivity index (χ3n) is 5.33. The van der Waals surface area contributed by atoms with Crippen LogP contribution in [0.3, 0.4) is 0 Å². The van der Waals surface area contributed by atoms with Crippen LogP contribution in [0.5, 0.6) is 0 Å². The predicted octanol–water partition coefficient (Wildman–Crippen LogP) is 3.91. The van der Waals surface area contributed by atoms with Gasteiger partial charge in [0.15, 0.2) is 0 Å². The summed E-state index contributed by atoms with van der Waals surface area (Å²) >= 11 is 3.56. The summed E-state index contributed by atoms with van der Waals surface area (Å²) in [5.41, 5.74) is 11.0. The van der Waals surface area contributed by atoms with E-state index < -0.39 is 0 Å². The van der Waals surface area contributed by atoms with Gasteiger partial charge in [-0.3, -0.25) is 9.69 Å². The van der Waals surface area contributed by atoms with Crippen molar-refractivity contribution in [1.29, 1.82) is 0 Å². The average Bonchev–Trinajstić information content (AvgIpc) is 3.48. The lowest BCUT2D eigenvalue weighted by Gasteiger charge is -2.16. The van der Waals surface area contributed by atoms with E-state index in [1.54, 1.807) is 4.90 Å². The zero-order valence-corrected chi connectivity index (χ0v) is 17.3. The summed E-state index contributed by atoms with van der Waals surface area (Å²) in [7, 11) is 1.52. The quantitative estimate of drug-likeness (QED) is 0.524. The van der Waals surface area contributed by atoms with Crippen LogP contribution < -0.4 is 11.1 Å². The highest BCUT2D eigenvalue weighted by Gasteiger charge is 2.32. The molecule has 0 aromatic heterocycles. The molecule has 6 nitrogen and oxygen atoms in total. The number of halogens is 1. The van der Waals surface area contributed by atoms with E-state index >= 15 is 0 Å². The van der Waals surface area contributed by atoms with E-state index in [9.17, 15) is 9.59 Å². The summed E-state index contributed by atoms with van der Waals surface area (Å²) < 4.78 is 0.872. The van der Waals surface area contributed by atoms with Gasteiger partial charge in [0.1, 0.15) is 6.54 Å². The molecule has 146 valence electrons. The molecule has 1 heterocycles. The third kappa shape index (κ3) is 3.85. The number of benzene rings is 2. The van der Waals surface area contributed by atoms with Crippen molar-refractivity contribution >= 4 is 39.2 Å². The third-order valence-corrected chi connectivity index (χ3v) is 5.98. The lowest BCUT2D eigenvalue weighted by Crippen LogP contribution is -2.29. The number of carbonyl (C=O) groups excluding carboxylic acids is 2. The number of nitrogens with zero attached hydrogens (tertiary/aromatic N) is 2. The summed E-state index contributed by atoms with van der Waals surface area (Å²) in [5, 5.41) is 3.46. The van der Waals surface area contributed by atoms with Crippen molar-refractivity contribution in [3.8, 4) is 11.1 Å². The first-order chi connectivity index (χ1) is 13.4. The molecule has 0 radical (unpaired) electrons. The Morgan fingerprint density at radius 2 is 1.86 bits per heavy atom. The molecule has 1 saturated carbocycles. The molecule has 4 rings (SSSR count). The molecule has 1 saturated heterocycles. The summed E-state index contributed by atoms with van der Waals surface area (Å²) in [6, 6.07) is 11.9. The molecule has 0 unspecified atom stereocenters. The molecule has 0 spiro atoms. The smallest absolute Gasteiger partial charge is 0.327 e. The Morgan fingerprint density at radius 3 is 2.46 bits per heavy atom. The van der Waals surface area contributed by atoms with Gasteiger partial charge in [0.25, 0.3) is 0 Å². The highest BCUT2D eigenvalue weighted by atomic mass is 79.9. The molecule has 1 aliphatic heterocycles. The Bertz CT molecular complexity index is 925. The SMILES string of the molecule is CN1C(=O)CN(Cc2ccc(-c3cc(Br)c(N)c(NCC4CC4)c3)cc2)C1=O. The van der Waals surface area contributed by atoms with Gasteiger partial charge in [0, 0.05) is 24.6 Å². The van der Waals surface area contributed by atoms with Gasteiger partial charge in [-0.1, -0.05) is 24.3 Å². The molecule has 2 aromatic rings. The van der Waals surface area contributed by atoms with Crippen LogP contribution >= 0.6 is 15.9 Å². The second kappa shape index (κ2) is 7.47. The Balaban J connectivity index is 1.50. The van der Waals surface area contributed by atoms with E-state index in [1.165, 1.54) is 19.9 Å². The van der Waals surface area contributed by atoms with Crippen molar-refractivity contribution in [2.45, 2.75) is 19.4 Å². The Labute approximate surface area is 172 Å². The first-order valence-electron chi connectivity index (χ1n) is 9.40. The standard InChI is InChI=1S/C21H23BrN4O2/c1-25-19(27)12-26(21(25)28)11-14-4-6-15(7-5-14)16-8-17(22)20(23)18(9-16)24-10-13-2-3-13/h4-9,13,24H,2-3,10-12,23H2,1H3. The summed E-state index contributed by atoms with van der Waals surface area (Å²) in [4.78, 5) is 26.4. The minimum atomic E-state index is -0.247. The Morgan fingerprint density at radius 1 is 1.14 bits per heavy atom. The van der Waals surface area contributed by atoms with Crippen LogP contribution in [0.1, 0.15) is 18.4 Å². The van der Waals surface area contributed by atoms with Crippen molar-refractivity contribution in [2.75, 3.05) is 31.2 Å². The largest absolute Gasteiger partial charge is 0.396 e. The fourth-order valence-corrected chi connectivity index (χ4v) is 3.77. The lowest BCUT2D eigenvalue weighted by atomic mass is 10.0. The fraction of sp³-hybridized carbons (Fsp3) is 0.333. The number of hydrogen-bond acceptors (Lipinski definition) is 4. The van der Waals surface area contributed by atoms with Gasteiger partial charge < -0.3 is 16.0 Å². The molecule has 0 bridgehead atoms. The zero-order chi connectivity index (χ0) is 19.8. The summed E-state index contributed by atoms with van der Waals surface area (Å²) in [5.74, 6) is 0.597. The minimum Gasteiger partial charge on any atom is -0.396 e. The van der Waals surface area contributed by atoms with Crippen LogP contribution in [0, 0.1) is 5.92 Å². The lowest BCUT2D eigenvalue weighted by molar-refractivity contribution is -0.124. The van der Waals surface area contributed by atoms with Crippen LogP contribution in [0.4, 0.5) is 16.2 Å². The van der Waals surface area contributed by atoms with E-state index in [0.29, 0.717) is 6.54 Å². The molecular weight excluding hydrogens is 420 g/mol. The maximum absolute atomic E-state index is 12.0. The first kappa shape index (κ1) is 18.8. The van der Waals surface area contributed by atoms with Gasteiger partial charge >= 0.3 is 6.03 Å². The van der Waals surface area contributed by atoms with Crippen LogP contribution in [0.2, 0.25) is 0 Å². The van der Waals surface area contributed by atoms with Crippen molar-refractivity contribution in [3.63, 3.8) is 0 Å². The maximum Gasteiger partial charge on any atom is 0.327 e. The van der Waals surface area contributed by atoms with Crippen molar-refractivity contribution < 1.29 is 9.59 Å². The van der Waals surface area contributed by atoms with Crippen molar-refractivity contribution in [1.82, 2.24) is 9.80 Å². The molecule has 7 heteroatoms. The highest BCUT2D eigenvalue weighted by Crippen LogP contribution is 2.36. The number of carbonyl (C=O) groups is 2. The number of nitrogen functional groups attached to an aromatic ring is 1. The zero-order valence-electron chi connectivity index (χ0n) is 15.7. The number of hydrogen-bond donors (Lipinski definition) is 2. The van der Waals surface area contributed by atoms with Crippen molar-refractivity contribution in [2.24, 2.45) is 5.92 Å². The minimum absolute atomic E-state index is 0.137. The van der Waals surface area contributed by atoms with Crippen LogP contribution in [-0.4, -0.2) is 41.9 Å². The topological polar surface area (TPSA) is 78.7 Å². The normalized spacial score (nSPS) is 16.8. The average molecular weight is 443 g/mol. The predicted molar refractivity (Wildman–Crippen MR) is 114 cm³/mol. The molecule has 1 aliphatic carbocycles. The monoisotopic (exact) mass is 442 g/mol. The van der Waals surface area contributed by atoms with Crippen LogP contribution in [0.15, 0.2) is 40.9 Å². The summed E-state index contributed by atoms with van der Waals surface area (Å²) in [6.07, 6.45) is 2.58. The molecule has 2 fully saturated rings. The van der Waals surface area contributed by atoms with E-state index in [2.05, 4.69) is 27.3 Å². The molecule has 2 aromatic carbocycles. The van der Waals surface area contributed by atoms with Gasteiger partial charge in [0.2, 0.25) is 5.91 Å². The number of likely N-dealkylation sites (N-methyl/N-ethyl adjacent to an activating group) is 1. The van der Waals surface area contributed by atoms with E-state index in [-0.39, 0.29) is 18.5 Å². The molecule has 3 N–H and O–H groups in total. The van der Waals surface area contributed by atoms with Gasteiger partial charge in [-0.05, 0) is 63.5 Å². The molecule has 28 heavy (non-hydrogen) atoms. The highest BCUT2D eigenvalue weighted by molar-refractivity contribution is 9.10. The number of amides is 3. The first-order valence-corrected chi connectivity index (χ1v) is 10.2. The molecule has 3 amide bonds. The van der Waals surface area contributed by atoms with Gasteiger partial charge in [-0.25, -0.2) is 4.79 Å². The van der Waals surface area contributed by atoms with Crippen molar-refractivity contribution in [3.05, 3.63) is 46.4 Å². The van der Waals surface area contributed by atoms with Gasteiger partial charge in [-0.2, -0.15) is 0 Å². The fourth-order valence-electron chi connectivity index (χ4n) is 3.31. The van der Waals surface area contributed by atoms with E-state index in [0.717, 1.165) is 49.9 Å². The second-order valence-corrected chi connectivity index (χ2v) is 8.39. The Kier molecular flexibility index (Phi) is 5.02. The molecule has 0 atom stereocenters. The van der Waals surface area contributed by atoms with Crippen LogP contribution in [0.25, 0.3) is 11.1 Å². The number of rotatable bonds is 6. The number of urea groups is 1. The number of nitrogens with two attached hydrogens (primary N) is 1. The number of anilines is 2. The Hall–Kier alpha value is -2.54. The van der Waals surface area contributed by atoms with Crippen LogP contribution in [-0.2, 0) is 11.3 Å². The number of imide groups is 1. The second-order valence-electron chi connectivity index (χ2n) is 7.53. The molecule has 2 aliphatic rings. The van der Waals surface area contributed by atoms with Gasteiger partial charge in [-0.15, -0.1) is 0 Å². The van der Waals surface area contributed by atoms with E-state index in [4.69, 9.17) is 5.73 Å².